The molecule has 7 nitrogen and oxygen atoms in total. The van der Waals surface area contributed by atoms with Crippen molar-refractivity contribution in [3.05, 3.63) is 89.5 Å². The maximum absolute atomic E-state index is 12.1. The molecule has 3 rings (SSSR count). The molecule has 0 bridgehead atoms. The van der Waals surface area contributed by atoms with Gasteiger partial charge >= 0.3 is 11.9 Å². The van der Waals surface area contributed by atoms with E-state index in [1.165, 1.54) is 27.2 Å². The smallest absolute Gasteiger partial charge is 0.330 e. The van der Waals surface area contributed by atoms with Crippen LogP contribution < -0.4 is 18.9 Å². The second-order valence-corrected chi connectivity index (χ2v) is 7.52. The summed E-state index contributed by atoms with van der Waals surface area (Å²) in [6.07, 6.45) is 3.47. The van der Waals surface area contributed by atoms with Gasteiger partial charge < -0.3 is 23.7 Å². The third-order valence-electron chi connectivity index (χ3n) is 4.95. The largest absolute Gasteiger partial charge is 0.493 e. The Morgan fingerprint density at radius 3 is 2.11 bits per heavy atom. The Hall–Kier alpha value is -4.26. The Balaban J connectivity index is 1.49. The minimum absolute atomic E-state index is 0.179. The van der Waals surface area contributed by atoms with E-state index >= 15 is 0 Å². The molecule has 3 aromatic carbocycles. The van der Waals surface area contributed by atoms with Gasteiger partial charge in [0.25, 0.3) is 0 Å². The molecule has 0 atom stereocenters. The zero-order chi connectivity index (χ0) is 25.0. The van der Waals surface area contributed by atoms with Crippen LogP contribution in [0.4, 0.5) is 0 Å². The van der Waals surface area contributed by atoms with Crippen molar-refractivity contribution in [3.8, 4) is 23.0 Å². The summed E-state index contributed by atoms with van der Waals surface area (Å²) in [4.78, 5) is 23.5. The van der Waals surface area contributed by atoms with Crippen molar-refractivity contribution in [2.24, 2.45) is 0 Å². The first-order chi connectivity index (χ1) is 17.0. The van der Waals surface area contributed by atoms with E-state index in [0.29, 0.717) is 30.1 Å². The van der Waals surface area contributed by atoms with Crippen LogP contribution in [0.15, 0.2) is 72.8 Å². The minimum atomic E-state index is -0.497. The van der Waals surface area contributed by atoms with Crippen LogP contribution in [-0.2, 0) is 27.4 Å². The molecule has 0 fully saturated rings. The number of hydrogen-bond donors (Lipinski definition) is 0. The van der Waals surface area contributed by atoms with Crippen LogP contribution in [0.3, 0.4) is 0 Å². The van der Waals surface area contributed by atoms with Crippen molar-refractivity contribution in [2.45, 2.75) is 20.0 Å². The van der Waals surface area contributed by atoms with Crippen LogP contribution >= 0.6 is 0 Å². The Morgan fingerprint density at radius 2 is 1.51 bits per heavy atom. The zero-order valence-corrected chi connectivity index (χ0v) is 20.0. The fraction of sp³-hybridized carbons (Fsp3) is 0.214. The first-order valence-electron chi connectivity index (χ1n) is 11.0. The summed E-state index contributed by atoms with van der Waals surface area (Å²) in [5, 5.41) is 0. The standard InChI is InChI=1S/C28H28O7/c1-20(29)35-28-25(31-2)17-23(18-26(28)32-3)11-14-27(30)33-16-15-21-9-12-24(13-10-21)34-19-22-7-5-4-6-8-22/h4-14,17-18H,15-16,19H2,1-3H3. The molecule has 0 radical (unpaired) electrons. The average Bonchev–Trinajstić information content (AvgIpc) is 2.87. The van der Waals surface area contributed by atoms with Gasteiger partial charge in [-0.15, -0.1) is 0 Å². The maximum atomic E-state index is 12.1. The molecule has 0 amide bonds. The van der Waals surface area contributed by atoms with Crippen LogP contribution in [0, 0.1) is 0 Å². The number of rotatable bonds is 11. The normalized spacial score (nSPS) is 10.6. The van der Waals surface area contributed by atoms with Gasteiger partial charge in [0.15, 0.2) is 11.5 Å². The third kappa shape index (κ3) is 7.92. The lowest BCUT2D eigenvalue weighted by Crippen LogP contribution is -2.05. The van der Waals surface area contributed by atoms with Crippen molar-refractivity contribution in [2.75, 3.05) is 20.8 Å². The number of methoxy groups -OCH3 is 2. The lowest BCUT2D eigenvalue weighted by atomic mass is 10.1. The molecule has 7 heteroatoms. The lowest BCUT2D eigenvalue weighted by molar-refractivity contribution is -0.137. The van der Waals surface area contributed by atoms with Crippen LogP contribution in [0.5, 0.6) is 23.0 Å². The van der Waals surface area contributed by atoms with Crippen LogP contribution in [-0.4, -0.2) is 32.8 Å². The Kier molecular flexibility index (Phi) is 9.31. The Morgan fingerprint density at radius 1 is 0.857 bits per heavy atom. The second kappa shape index (κ2) is 12.8. The van der Waals surface area contributed by atoms with Gasteiger partial charge in [0.05, 0.1) is 20.8 Å². The van der Waals surface area contributed by atoms with Crippen LogP contribution in [0.2, 0.25) is 0 Å². The van der Waals surface area contributed by atoms with E-state index in [9.17, 15) is 9.59 Å². The molecule has 0 aliphatic carbocycles. The van der Waals surface area contributed by atoms with Crippen molar-refractivity contribution in [1.29, 1.82) is 0 Å². The Labute approximate surface area is 204 Å². The number of hydrogen-bond acceptors (Lipinski definition) is 7. The first kappa shape index (κ1) is 25.4. The maximum Gasteiger partial charge on any atom is 0.330 e. The summed E-state index contributed by atoms with van der Waals surface area (Å²) in [7, 11) is 2.90. The van der Waals surface area contributed by atoms with Gasteiger partial charge in [-0.25, -0.2) is 4.79 Å². The van der Waals surface area contributed by atoms with E-state index in [2.05, 4.69) is 0 Å². The van der Waals surface area contributed by atoms with Gasteiger partial charge in [0, 0.05) is 19.4 Å². The van der Waals surface area contributed by atoms with E-state index in [1.807, 2.05) is 54.6 Å². The molecule has 0 saturated heterocycles. The third-order valence-corrected chi connectivity index (χ3v) is 4.95. The molecule has 0 unspecified atom stereocenters. The van der Waals surface area contributed by atoms with Crippen LogP contribution in [0.25, 0.3) is 6.08 Å². The fourth-order valence-corrected chi connectivity index (χ4v) is 3.22. The van der Waals surface area contributed by atoms with Gasteiger partial charge in [-0.05, 0) is 47.0 Å². The van der Waals surface area contributed by atoms with Crippen LogP contribution in [0.1, 0.15) is 23.6 Å². The number of carbonyl (C=O) groups excluding carboxylic acids is 2. The van der Waals surface area contributed by atoms with Crippen molar-refractivity contribution >= 4 is 18.0 Å². The van der Waals surface area contributed by atoms with Crippen molar-refractivity contribution in [1.82, 2.24) is 0 Å². The summed E-state index contributed by atoms with van der Waals surface area (Å²) >= 11 is 0. The molecule has 0 N–H and O–H groups in total. The monoisotopic (exact) mass is 476 g/mol. The molecule has 0 saturated carbocycles. The van der Waals surface area contributed by atoms with Gasteiger partial charge in [-0.1, -0.05) is 42.5 Å². The quantitative estimate of drug-likeness (QED) is 0.219. The van der Waals surface area contributed by atoms with E-state index in [0.717, 1.165) is 16.9 Å². The van der Waals surface area contributed by atoms with E-state index in [-0.39, 0.29) is 12.4 Å². The van der Waals surface area contributed by atoms with E-state index < -0.39 is 11.9 Å². The molecule has 0 aromatic heterocycles. The zero-order valence-electron chi connectivity index (χ0n) is 20.0. The fourth-order valence-electron chi connectivity index (χ4n) is 3.22. The van der Waals surface area contributed by atoms with Gasteiger partial charge in [-0.3, -0.25) is 4.79 Å². The molecule has 3 aromatic rings. The molecule has 35 heavy (non-hydrogen) atoms. The summed E-state index contributed by atoms with van der Waals surface area (Å²) < 4.78 is 26.8. The summed E-state index contributed by atoms with van der Waals surface area (Å²) in [6.45, 7) is 2.04. The molecule has 182 valence electrons. The lowest BCUT2D eigenvalue weighted by Gasteiger charge is -2.13. The highest BCUT2D eigenvalue weighted by atomic mass is 16.6. The highest BCUT2D eigenvalue weighted by molar-refractivity contribution is 5.87. The minimum Gasteiger partial charge on any atom is -0.493 e. The molecule has 0 heterocycles. The van der Waals surface area contributed by atoms with E-state index in [4.69, 9.17) is 23.7 Å². The Bertz CT molecular complexity index is 1130. The molecular formula is C28H28O7. The number of carbonyl (C=O) groups is 2. The molecular weight excluding hydrogens is 448 g/mol. The summed E-state index contributed by atoms with van der Waals surface area (Å²) in [5.74, 6) is 0.604. The van der Waals surface area contributed by atoms with Crippen molar-refractivity contribution < 1.29 is 33.3 Å². The number of esters is 2. The highest BCUT2D eigenvalue weighted by Crippen LogP contribution is 2.39. The first-order valence-corrected chi connectivity index (χ1v) is 11.0. The van der Waals surface area contributed by atoms with Gasteiger partial charge in [0.2, 0.25) is 5.75 Å². The topological polar surface area (TPSA) is 80.3 Å². The summed E-state index contributed by atoms with van der Waals surface area (Å²) in [6, 6.07) is 20.9. The number of ether oxygens (including phenoxy) is 5. The van der Waals surface area contributed by atoms with E-state index in [1.54, 1.807) is 18.2 Å². The molecule has 0 aliphatic rings. The predicted molar refractivity (Wildman–Crippen MR) is 132 cm³/mol. The van der Waals surface area contributed by atoms with Crippen molar-refractivity contribution in [3.63, 3.8) is 0 Å². The molecule has 0 spiro atoms. The number of benzene rings is 3. The SMILES string of the molecule is COc1cc(C=CC(=O)OCCc2ccc(OCc3ccccc3)cc2)cc(OC)c1OC(C)=O. The highest BCUT2D eigenvalue weighted by Gasteiger charge is 2.15. The van der Waals surface area contributed by atoms with Gasteiger partial charge in [-0.2, -0.15) is 0 Å². The summed E-state index contributed by atoms with van der Waals surface area (Å²) in [5.41, 5.74) is 2.76. The second-order valence-electron chi connectivity index (χ2n) is 7.52. The van der Waals surface area contributed by atoms with Gasteiger partial charge in [0.1, 0.15) is 12.4 Å². The molecule has 0 aliphatic heterocycles. The average molecular weight is 477 g/mol. The predicted octanol–water partition coefficient (Wildman–Crippen LogP) is 5.01.